The molecular formula is C30H38ClN3O7S2. The monoisotopic (exact) mass is 651 g/mol. The van der Waals surface area contributed by atoms with Crippen molar-refractivity contribution in [1.82, 2.24) is 9.21 Å². The first-order chi connectivity index (χ1) is 20.3. The molecule has 2 amide bonds. The van der Waals surface area contributed by atoms with E-state index in [4.69, 9.17) is 16.3 Å². The molecule has 1 saturated heterocycles. The van der Waals surface area contributed by atoms with E-state index in [-0.39, 0.29) is 31.5 Å². The Labute approximate surface area is 261 Å². The Kier molecular flexibility index (Phi) is 10.6. The van der Waals surface area contributed by atoms with Crippen molar-refractivity contribution >= 4 is 62.7 Å². The van der Waals surface area contributed by atoms with Crippen molar-refractivity contribution < 1.29 is 32.6 Å². The second-order valence-electron chi connectivity index (χ2n) is 11.1. The van der Waals surface area contributed by atoms with Crippen LogP contribution in [0.3, 0.4) is 0 Å². The van der Waals surface area contributed by atoms with Crippen LogP contribution < -0.4 is 4.90 Å². The number of nitrogens with zero attached hydrogens (tertiary/aromatic N) is 3. The topological polar surface area (TPSA) is 125 Å². The van der Waals surface area contributed by atoms with Crippen molar-refractivity contribution in [2.75, 3.05) is 24.6 Å². The van der Waals surface area contributed by atoms with Gasteiger partial charge in [-0.3, -0.25) is 9.59 Å². The number of ether oxygens (including phenoxy) is 1. The Morgan fingerprint density at radius 2 is 1.95 bits per heavy atom. The molecule has 3 heterocycles. The van der Waals surface area contributed by atoms with Crippen molar-refractivity contribution in [3.8, 4) is 0 Å². The summed E-state index contributed by atoms with van der Waals surface area (Å²) in [5.74, 6) is -0.903. The Hall–Kier alpha value is -2.93. The Morgan fingerprint density at radius 1 is 1.21 bits per heavy atom. The third kappa shape index (κ3) is 7.42. The molecule has 2 aliphatic heterocycles. The lowest BCUT2D eigenvalue weighted by atomic mass is 9.92. The number of carbonyl (C=O) groups is 3. The fourth-order valence-electron chi connectivity index (χ4n) is 5.83. The molecule has 13 heteroatoms. The van der Waals surface area contributed by atoms with Crippen LogP contribution in [0.2, 0.25) is 4.34 Å². The Morgan fingerprint density at radius 3 is 2.58 bits per heavy atom. The second-order valence-corrected chi connectivity index (χ2v) is 14.6. The van der Waals surface area contributed by atoms with Gasteiger partial charge in [-0.05, 0) is 86.9 Å². The van der Waals surface area contributed by atoms with Crippen LogP contribution >= 0.6 is 22.9 Å². The molecule has 2 aliphatic rings. The van der Waals surface area contributed by atoms with E-state index in [0.717, 1.165) is 20.8 Å². The number of sulfonamides is 1. The van der Waals surface area contributed by atoms with Crippen LogP contribution in [0.1, 0.15) is 69.0 Å². The molecule has 4 rings (SSSR count). The number of thiophene rings is 1. The van der Waals surface area contributed by atoms with Crippen molar-refractivity contribution in [3.05, 3.63) is 56.1 Å². The van der Waals surface area contributed by atoms with Crippen molar-refractivity contribution in [2.45, 2.75) is 71.5 Å². The highest BCUT2D eigenvalue weighted by Crippen LogP contribution is 2.37. The first-order valence-corrected chi connectivity index (χ1v) is 17.1. The third-order valence-corrected chi connectivity index (χ3v) is 10.6. The molecule has 0 aliphatic carbocycles. The van der Waals surface area contributed by atoms with Gasteiger partial charge in [0.05, 0.1) is 17.0 Å². The van der Waals surface area contributed by atoms with E-state index in [1.165, 1.54) is 29.2 Å². The summed E-state index contributed by atoms with van der Waals surface area (Å²) in [6.45, 7) is 7.92. The molecule has 1 fully saturated rings. The summed E-state index contributed by atoms with van der Waals surface area (Å²) < 4.78 is 33.9. The number of amides is 2. The minimum absolute atomic E-state index is 0.0670. The highest BCUT2D eigenvalue weighted by atomic mass is 35.5. The lowest BCUT2D eigenvalue weighted by molar-refractivity contribution is -0.147. The number of carboxylic acid groups (broad SMARTS) is 1. The van der Waals surface area contributed by atoms with Gasteiger partial charge in [-0.1, -0.05) is 31.5 Å². The number of rotatable bonds is 10. The maximum Gasteiger partial charge on any atom is 0.407 e. The molecule has 1 aromatic carbocycles. The van der Waals surface area contributed by atoms with E-state index in [1.807, 2.05) is 12.1 Å². The molecule has 0 radical (unpaired) electrons. The van der Waals surface area contributed by atoms with Crippen LogP contribution in [0.25, 0.3) is 6.08 Å². The molecule has 0 bridgehead atoms. The van der Waals surface area contributed by atoms with Crippen LogP contribution in [0.5, 0.6) is 0 Å². The number of benzene rings is 1. The van der Waals surface area contributed by atoms with E-state index in [2.05, 4.69) is 13.8 Å². The molecule has 2 unspecified atom stereocenters. The highest BCUT2D eigenvalue weighted by Gasteiger charge is 2.46. The van der Waals surface area contributed by atoms with Crippen LogP contribution in [0.4, 0.5) is 10.5 Å². The average Bonchev–Trinajstić information content (AvgIpc) is 3.48. The van der Waals surface area contributed by atoms with Gasteiger partial charge in [-0.15, -0.1) is 11.3 Å². The van der Waals surface area contributed by atoms with Gasteiger partial charge in [0, 0.05) is 29.1 Å². The number of halogens is 1. The highest BCUT2D eigenvalue weighted by molar-refractivity contribution is 7.92. The van der Waals surface area contributed by atoms with E-state index in [0.29, 0.717) is 40.7 Å². The summed E-state index contributed by atoms with van der Waals surface area (Å²) in [6, 6.07) is 6.30. The Balaban J connectivity index is 1.66. The molecule has 3 atom stereocenters. The summed E-state index contributed by atoms with van der Waals surface area (Å²) in [7, 11) is -4.24. The predicted octanol–water partition coefficient (Wildman–Crippen LogP) is 5.77. The number of hydrogen-bond acceptors (Lipinski definition) is 7. The SMILES string of the molecule is CCOC(=O)C(C)N([C@H]1CCN(c2ccc3c(c2)CCCN(C(=O)O)C3CC(C)C)C1=O)S(=O)(=O)C=Cc1ccc(Cl)s1. The molecule has 10 nitrogen and oxygen atoms in total. The van der Waals surface area contributed by atoms with Gasteiger partial charge in [0.2, 0.25) is 15.9 Å². The summed E-state index contributed by atoms with van der Waals surface area (Å²) in [5, 5.41) is 10.9. The first-order valence-electron chi connectivity index (χ1n) is 14.4. The van der Waals surface area contributed by atoms with Gasteiger partial charge in [0.15, 0.2) is 0 Å². The zero-order valence-corrected chi connectivity index (χ0v) is 27.1. The zero-order chi connectivity index (χ0) is 31.5. The average molecular weight is 652 g/mol. The van der Waals surface area contributed by atoms with Crippen molar-refractivity contribution in [1.29, 1.82) is 0 Å². The van der Waals surface area contributed by atoms with E-state index in [9.17, 15) is 27.9 Å². The third-order valence-electron chi connectivity index (χ3n) is 7.74. The predicted molar refractivity (Wildman–Crippen MR) is 168 cm³/mol. The Bertz CT molecular complexity index is 1490. The zero-order valence-electron chi connectivity index (χ0n) is 24.7. The number of hydrogen-bond donors (Lipinski definition) is 1. The lowest BCUT2D eigenvalue weighted by Crippen LogP contribution is -2.52. The fraction of sp³-hybridized carbons (Fsp3) is 0.500. The number of aryl methyl sites for hydroxylation is 1. The van der Waals surface area contributed by atoms with Gasteiger partial charge in [0.25, 0.3) is 0 Å². The van der Waals surface area contributed by atoms with Crippen LogP contribution in [0, 0.1) is 5.92 Å². The number of anilines is 1. The largest absolute Gasteiger partial charge is 0.465 e. The van der Waals surface area contributed by atoms with Crippen molar-refractivity contribution in [2.24, 2.45) is 5.92 Å². The maximum absolute atomic E-state index is 13.9. The standard InChI is InChI=1S/C30H38ClN3O7S2/c1-5-41-29(36)20(4)34(43(39,40)16-13-23-9-11-27(31)42-23)25-12-15-32(28(25)35)22-8-10-24-21(18-22)7-6-14-33(30(37)38)26(24)17-19(2)3/h8-11,13,16,18-20,25-26H,5-7,12,14-15,17H2,1-4H3,(H,37,38)/t20?,25-,26?/m0/s1. The lowest BCUT2D eigenvalue weighted by Gasteiger charge is -2.31. The van der Waals surface area contributed by atoms with Gasteiger partial charge in [-0.25, -0.2) is 13.2 Å². The molecular weight excluding hydrogens is 614 g/mol. The van der Waals surface area contributed by atoms with Gasteiger partial charge in [-0.2, -0.15) is 4.31 Å². The summed E-state index contributed by atoms with van der Waals surface area (Å²) in [4.78, 5) is 42.4. The first kappa shape index (κ1) is 33.0. The van der Waals surface area contributed by atoms with Crippen LogP contribution in [0.15, 0.2) is 35.7 Å². The van der Waals surface area contributed by atoms with Gasteiger partial charge in [0.1, 0.15) is 12.1 Å². The van der Waals surface area contributed by atoms with Crippen molar-refractivity contribution in [3.63, 3.8) is 0 Å². The number of carbonyl (C=O) groups excluding carboxylic acids is 2. The molecule has 234 valence electrons. The minimum atomic E-state index is -4.24. The summed E-state index contributed by atoms with van der Waals surface area (Å²) in [5.41, 5.74) is 2.52. The molecule has 1 N–H and O–H groups in total. The summed E-state index contributed by atoms with van der Waals surface area (Å²) >= 11 is 7.19. The number of esters is 1. The quantitative estimate of drug-likeness (QED) is 0.323. The van der Waals surface area contributed by atoms with E-state index in [1.54, 1.807) is 30.0 Å². The molecule has 0 spiro atoms. The molecule has 1 aromatic heterocycles. The van der Waals surface area contributed by atoms with E-state index < -0.39 is 40.1 Å². The van der Waals surface area contributed by atoms with Crippen LogP contribution in [-0.2, 0) is 30.8 Å². The summed E-state index contributed by atoms with van der Waals surface area (Å²) in [6.07, 6.45) is 2.61. The number of fused-ring (bicyclic) bond motifs is 1. The molecule has 43 heavy (non-hydrogen) atoms. The van der Waals surface area contributed by atoms with Gasteiger partial charge >= 0.3 is 12.1 Å². The van der Waals surface area contributed by atoms with Gasteiger partial charge < -0.3 is 19.6 Å². The maximum atomic E-state index is 13.9. The minimum Gasteiger partial charge on any atom is -0.465 e. The molecule has 0 saturated carbocycles. The normalized spacial score (nSPS) is 20.1. The fourth-order valence-corrected chi connectivity index (χ4v) is 8.41. The smallest absolute Gasteiger partial charge is 0.407 e. The second kappa shape index (κ2) is 13.8. The van der Waals surface area contributed by atoms with Crippen LogP contribution in [-0.4, -0.2) is 72.5 Å². The van der Waals surface area contributed by atoms with E-state index >= 15 is 0 Å². The molecule has 2 aromatic rings.